The molecule has 190 valence electrons. The highest BCUT2D eigenvalue weighted by molar-refractivity contribution is 8.01. The van der Waals surface area contributed by atoms with Gasteiger partial charge in [0, 0.05) is 17.1 Å². The molecule has 37 heavy (non-hydrogen) atoms. The summed E-state index contributed by atoms with van der Waals surface area (Å²) < 4.78 is -0.729. The topological polar surface area (TPSA) is 168 Å². The van der Waals surface area contributed by atoms with Crippen LogP contribution < -0.4 is 16.4 Å². The first-order valence-corrected chi connectivity index (χ1v) is 12.4. The molecule has 11 nitrogen and oxygen atoms in total. The minimum Gasteiger partial charge on any atom is -0.480 e. The van der Waals surface area contributed by atoms with Crippen molar-refractivity contribution in [1.82, 2.24) is 25.5 Å². The first-order chi connectivity index (χ1) is 17.6. The Morgan fingerprint density at radius 3 is 2.57 bits per heavy atom. The molecule has 4 heterocycles. The van der Waals surface area contributed by atoms with E-state index in [9.17, 15) is 24.3 Å². The summed E-state index contributed by atoms with van der Waals surface area (Å²) in [4.78, 5) is 61.0. The van der Waals surface area contributed by atoms with Gasteiger partial charge in [-0.1, -0.05) is 30.3 Å². The number of carboxylic acid groups (broad SMARTS) is 1. The second kappa shape index (κ2) is 9.04. The van der Waals surface area contributed by atoms with Crippen molar-refractivity contribution in [3.63, 3.8) is 0 Å². The van der Waals surface area contributed by atoms with E-state index in [1.54, 1.807) is 62.5 Å². The van der Waals surface area contributed by atoms with Crippen molar-refractivity contribution in [2.24, 2.45) is 0 Å². The number of fused-ring (bicyclic) bond motifs is 2. The number of hydrogen-bond acceptors (Lipinski definition) is 8. The molecule has 12 heteroatoms. The summed E-state index contributed by atoms with van der Waals surface area (Å²) in [5, 5.41) is 14.5. The summed E-state index contributed by atoms with van der Waals surface area (Å²) in [5.74, 6) is -2.81. The quantitative estimate of drug-likeness (QED) is 0.350. The van der Waals surface area contributed by atoms with Crippen molar-refractivity contribution in [1.29, 1.82) is 0 Å². The minimum atomic E-state index is -1.15. The number of nitrogens with two attached hydrogens (primary N) is 1. The highest BCUT2D eigenvalue weighted by Crippen LogP contribution is 2.50. The number of thioether (sulfide) groups is 1. The van der Waals surface area contributed by atoms with Crippen LogP contribution in [0.25, 0.3) is 11.0 Å². The van der Waals surface area contributed by atoms with Crippen LogP contribution in [0.4, 0.5) is 5.69 Å². The van der Waals surface area contributed by atoms with Gasteiger partial charge in [-0.2, -0.15) is 0 Å². The number of amides is 3. The average molecular weight is 521 g/mol. The Bertz CT molecular complexity index is 1430. The fraction of sp³-hybridized carbons (Fsp3) is 0.280. The van der Waals surface area contributed by atoms with Gasteiger partial charge in [0.1, 0.15) is 29.0 Å². The normalized spacial score (nSPS) is 22.6. The number of carbonyl (C=O) groups is 4. The van der Waals surface area contributed by atoms with Gasteiger partial charge in [-0.3, -0.25) is 24.4 Å². The van der Waals surface area contributed by atoms with Gasteiger partial charge >= 0.3 is 5.97 Å². The van der Waals surface area contributed by atoms with Crippen LogP contribution >= 0.6 is 11.8 Å². The first-order valence-electron chi connectivity index (χ1n) is 11.5. The Labute approximate surface area is 215 Å². The van der Waals surface area contributed by atoms with Crippen LogP contribution in [-0.2, 0) is 14.4 Å². The van der Waals surface area contributed by atoms with Gasteiger partial charge in [-0.25, -0.2) is 4.79 Å². The molecule has 2 aliphatic heterocycles. The molecule has 2 aromatic heterocycles. The van der Waals surface area contributed by atoms with E-state index in [0.717, 1.165) is 0 Å². The van der Waals surface area contributed by atoms with Crippen molar-refractivity contribution in [2.45, 2.75) is 42.1 Å². The van der Waals surface area contributed by atoms with E-state index in [-0.39, 0.29) is 11.3 Å². The Kier molecular flexibility index (Phi) is 5.98. The van der Waals surface area contributed by atoms with E-state index in [4.69, 9.17) is 5.73 Å². The summed E-state index contributed by atoms with van der Waals surface area (Å²) in [7, 11) is 0. The van der Waals surface area contributed by atoms with Crippen LogP contribution in [0, 0.1) is 0 Å². The number of aliphatic carboxylic acids is 1. The Balaban J connectivity index is 1.39. The van der Waals surface area contributed by atoms with E-state index >= 15 is 0 Å². The molecule has 3 amide bonds. The first kappa shape index (κ1) is 24.5. The largest absolute Gasteiger partial charge is 0.480 e. The summed E-state index contributed by atoms with van der Waals surface area (Å²) in [6.07, 6.45) is 2.86. The maximum Gasteiger partial charge on any atom is 0.327 e. The average Bonchev–Trinajstić information content (AvgIpc) is 3.14. The van der Waals surface area contributed by atoms with Gasteiger partial charge in [0.05, 0.1) is 16.8 Å². The number of hydrogen-bond donors (Lipinski definition) is 4. The third-order valence-electron chi connectivity index (χ3n) is 6.55. The summed E-state index contributed by atoms with van der Waals surface area (Å²) in [6, 6.07) is 8.93. The fourth-order valence-corrected chi connectivity index (χ4v) is 6.38. The SMILES string of the molecule is CC1(C)S[C@@H]2[C@H](NC(=O)C(NC(=O)c3cnc4cccnc4c3N)c3ccccc3)C(=O)N2[C@H]1C(=O)O. The van der Waals surface area contributed by atoms with Gasteiger partial charge in [0.15, 0.2) is 0 Å². The maximum absolute atomic E-state index is 13.4. The van der Waals surface area contributed by atoms with E-state index in [0.29, 0.717) is 16.6 Å². The molecule has 0 aliphatic carbocycles. The van der Waals surface area contributed by atoms with Crippen LogP contribution in [0.15, 0.2) is 54.9 Å². The van der Waals surface area contributed by atoms with E-state index in [2.05, 4.69) is 20.6 Å². The van der Waals surface area contributed by atoms with Crippen molar-refractivity contribution < 1.29 is 24.3 Å². The Morgan fingerprint density at radius 2 is 1.86 bits per heavy atom. The number of nitrogens with zero attached hydrogens (tertiary/aromatic N) is 3. The third kappa shape index (κ3) is 4.12. The maximum atomic E-state index is 13.4. The fourth-order valence-electron chi connectivity index (χ4n) is 4.76. The monoisotopic (exact) mass is 520 g/mol. The molecule has 2 saturated heterocycles. The van der Waals surface area contributed by atoms with Crippen molar-refractivity contribution in [3.05, 3.63) is 66.0 Å². The highest BCUT2D eigenvalue weighted by Gasteiger charge is 2.64. The summed E-state index contributed by atoms with van der Waals surface area (Å²) in [5.41, 5.74) is 7.77. The predicted octanol–water partition coefficient (Wildman–Crippen LogP) is 1.31. The van der Waals surface area contributed by atoms with Crippen LogP contribution in [0.1, 0.15) is 35.8 Å². The molecule has 1 aromatic carbocycles. The molecule has 2 fully saturated rings. The number of anilines is 1. The lowest BCUT2D eigenvalue weighted by Crippen LogP contribution is -2.71. The van der Waals surface area contributed by atoms with Crippen LogP contribution in [-0.4, -0.2) is 65.9 Å². The molecule has 3 aromatic rings. The lowest BCUT2D eigenvalue weighted by molar-refractivity contribution is -0.161. The zero-order chi connectivity index (χ0) is 26.5. The van der Waals surface area contributed by atoms with Gasteiger partial charge in [-0.15, -0.1) is 11.8 Å². The van der Waals surface area contributed by atoms with Crippen LogP contribution in [0.2, 0.25) is 0 Å². The number of pyridine rings is 2. The Morgan fingerprint density at radius 1 is 1.14 bits per heavy atom. The second-order valence-electron chi connectivity index (χ2n) is 9.36. The number of nitrogens with one attached hydrogen (secondary N) is 2. The molecule has 0 bridgehead atoms. The molecule has 0 radical (unpaired) electrons. The summed E-state index contributed by atoms with van der Waals surface area (Å²) in [6.45, 7) is 3.51. The lowest BCUT2D eigenvalue weighted by Gasteiger charge is -2.44. The van der Waals surface area contributed by atoms with Crippen molar-refractivity contribution in [3.8, 4) is 0 Å². The summed E-state index contributed by atoms with van der Waals surface area (Å²) >= 11 is 1.32. The lowest BCUT2D eigenvalue weighted by atomic mass is 9.95. The zero-order valence-corrected chi connectivity index (χ0v) is 20.7. The van der Waals surface area contributed by atoms with Gasteiger partial charge in [0.25, 0.3) is 5.91 Å². The predicted molar refractivity (Wildman–Crippen MR) is 136 cm³/mol. The number of carboxylic acids is 1. The number of nitrogen functional groups attached to an aromatic ring is 1. The highest BCUT2D eigenvalue weighted by atomic mass is 32.2. The van der Waals surface area contributed by atoms with E-state index in [1.807, 2.05) is 0 Å². The smallest absolute Gasteiger partial charge is 0.327 e. The Hall–Kier alpha value is -4.19. The molecular weight excluding hydrogens is 496 g/mol. The van der Waals surface area contributed by atoms with E-state index < -0.39 is 51.9 Å². The van der Waals surface area contributed by atoms with Crippen molar-refractivity contribution >= 4 is 52.2 Å². The molecule has 4 atom stereocenters. The molecule has 5 rings (SSSR count). The van der Waals surface area contributed by atoms with E-state index in [1.165, 1.54) is 22.9 Å². The number of β-lactam (4-membered cyclic amide) rings is 1. The van der Waals surface area contributed by atoms with Crippen molar-refractivity contribution in [2.75, 3.05) is 5.73 Å². The van der Waals surface area contributed by atoms with Crippen LogP contribution in [0.5, 0.6) is 0 Å². The minimum absolute atomic E-state index is 0.0585. The van der Waals surface area contributed by atoms with Crippen LogP contribution in [0.3, 0.4) is 0 Å². The van der Waals surface area contributed by atoms with Gasteiger partial charge < -0.3 is 26.4 Å². The number of rotatable bonds is 6. The number of carbonyl (C=O) groups excluding carboxylic acids is 3. The molecule has 0 saturated carbocycles. The standard InChI is InChI=1S/C25H24N6O5S/c1-25(2)19(24(35)36)31-22(34)18(23(31)37-25)30-21(33)16(12-7-4-3-5-8-12)29-20(32)13-11-28-14-9-6-10-27-17(14)15(13)26/h3-11,16,18-19,23H,1-2H3,(H2,26,28)(H,29,32)(H,30,33)(H,35,36)/t16?,18-,19+,23-/m1/s1. The molecular formula is C25H24N6O5S. The van der Waals surface area contributed by atoms with Gasteiger partial charge in [0.2, 0.25) is 11.8 Å². The molecule has 0 spiro atoms. The number of aromatic nitrogens is 2. The third-order valence-corrected chi connectivity index (χ3v) is 8.12. The second-order valence-corrected chi connectivity index (χ2v) is 11.1. The number of benzene rings is 1. The molecule has 1 unspecified atom stereocenters. The zero-order valence-electron chi connectivity index (χ0n) is 19.9. The molecule has 2 aliphatic rings. The van der Waals surface area contributed by atoms with Gasteiger partial charge in [-0.05, 0) is 31.5 Å². The molecule has 5 N–H and O–H groups in total.